The SMILES string of the molecule is CCOC(=O)CCCCN(Cc1ccc(C(=O)OC)cc1)CC(OCCCCCBr)c1ccccc1. The molecule has 0 amide bonds. The molecule has 0 radical (unpaired) electrons. The number of rotatable bonds is 18. The summed E-state index contributed by atoms with van der Waals surface area (Å²) in [6.07, 6.45) is 5.36. The minimum Gasteiger partial charge on any atom is -0.466 e. The van der Waals surface area contributed by atoms with Crippen LogP contribution in [0.2, 0.25) is 0 Å². The van der Waals surface area contributed by atoms with Crippen molar-refractivity contribution in [3.63, 3.8) is 0 Å². The van der Waals surface area contributed by atoms with Gasteiger partial charge in [-0.05, 0) is 62.4 Å². The summed E-state index contributed by atoms with van der Waals surface area (Å²) in [4.78, 5) is 25.9. The lowest BCUT2D eigenvalue weighted by atomic mass is 10.1. The van der Waals surface area contributed by atoms with Crippen LogP contribution in [0.1, 0.15) is 73.0 Å². The van der Waals surface area contributed by atoms with Crippen LogP contribution in [-0.4, -0.2) is 55.6 Å². The van der Waals surface area contributed by atoms with Crippen molar-refractivity contribution in [2.75, 3.05) is 38.7 Å². The van der Waals surface area contributed by atoms with Crippen LogP contribution in [-0.2, 0) is 25.5 Å². The Morgan fingerprint density at radius 2 is 1.69 bits per heavy atom. The highest BCUT2D eigenvalue weighted by Gasteiger charge is 2.18. The summed E-state index contributed by atoms with van der Waals surface area (Å²) in [5.74, 6) is -0.480. The molecule has 198 valence electrons. The summed E-state index contributed by atoms with van der Waals surface area (Å²) >= 11 is 3.49. The highest BCUT2D eigenvalue weighted by Crippen LogP contribution is 2.21. The average Bonchev–Trinajstić information content (AvgIpc) is 2.90. The molecule has 1 atom stereocenters. The van der Waals surface area contributed by atoms with E-state index in [0.717, 1.165) is 74.8 Å². The topological polar surface area (TPSA) is 65.1 Å². The predicted molar refractivity (Wildman–Crippen MR) is 146 cm³/mol. The van der Waals surface area contributed by atoms with E-state index >= 15 is 0 Å². The van der Waals surface area contributed by atoms with E-state index < -0.39 is 0 Å². The van der Waals surface area contributed by atoms with Gasteiger partial charge in [-0.3, -0.25) is 9.69 Å². The minimum absolute atomic E-state index is 0.0467. The van der Waals surface area contributed by atoms with Gasteiger partial charge in [0.05, 0.1) is 25.4 Å². The molecule has 0 N–H and O–H groups in total. The van der Waals surface area contributed by atoms with Crippen molar-refractivity contribution in [1.82, 2.24) is 4.90 Å². The molecular weight excluding hydrogens is 522 g/mol. The Morgan fingerprint density at radius 1 is 0.944 bits per heavy atom. The number of unbranched alkanes of at least 4 members (excludes halogenated alkanes) is 3. The molecule has 2 aromatic carbocycles. The molecule has 7 heteroatoms. The molecule has 0 spiro atoms. The van der Waals surface area contributed by atoms with Gasteiger partial charge in [0.15, 0.2) is 0 Å². The molecule has 0 aliphatic heterocycles. The average molecular weight is 563 g/mol. The lowest BCUT2D eigenvalue weighted by Gasteiger charge is -2.28. The van der Waals surface area contributed by atoms with Gasteiger partial charge < -0.3 is 14.2 Å². The molecule has 0 aliphatic rings. The zero-order valence-corrected chi connectivity index (χ0v) is 23.2. The zero-order valence-electron chi connectivity index (χ0n) is 21.6. The van der Waals surface area contributed by atoms with Crippen molar-refractivity contribution >= 4 is 27.9 Å². The summed E-state index contributed by atoms with van der Waals surface area (Å²) in [6, 6.07) is 17.9. The molecule has 36 heavy (non-hydrogen) atoms. The van der Waals surface area contributed by atoms with Gasteiger partial charge in [0.1, 0.15) is 0 Å². The minimum atomic E-state index is -0.338. The molecular formula is C29H40BrNO5. The Hall–Kier alpha value is -2.22. The molecule has 0 aromatic heterocycles. The fourth-order valence-corrected chi connectivity index (χ4v) is 4.35. The van der Waals surface area contributed by atoms with Gasteiger partial charge in [-0.15, -0.1) is 0 Å². The van der Waals surface area contributed by atoms with Crippen molar-refractivity contribution in [2.45, 2.75) is 58.1 Å². The number of ether oxygens (including phenoxy) is 3. The molecule has 0 bridgehead atoms. The van der Waals surface area contributed by atoms with E-state index in [9.17, 15) is 9.59 Å². The zero-order chi connectivity index (χ0) is 26.0. The third-order valence-electron chi connectivity index (χ3n) is 5.88. The van der Waals surface area contributed by atoms with Crippen molar-refractivity contribution < 1.29 is 23.8 Å². The summed E-state index contributed by atoms with van der Waals surface area (Å²) in [5.41, 5.74) is 2.81. The first-order chi connectivity index (χ1) is 17.6. The number of methoxy groups -OCH3 is 1. The van der Waals surface area contributed by atoms with E-state index in [-0.39, 0.29) is 18.0 Å². The third-order valence-corrected chi connectivity index (χ3v) is 6.44. The lowest BCUT2D eigenvalue weighted by molar-refractivity contribution is -0.143. The van der Waals surface area contributed by atoms with Crippen LogP contribution in [0.5, 0.6) is 0 Å². The highest BCUT2D eigenvalue weighted by atomic mass is 79.9. The number of nitrogens with zero attached hydrogens (tertiary/aromatic N) is 1. The van der Waals surface area contributed by atoms with Gasteiger partial charge in [0, 0.05) is 31.4 Å². The lowest BCUT2D eigenvalue weighted by Crippen LogP contribution is -2.31. The third kappa shape index (κ3) is 11.7. The molecule has 0 saturated carbocycles. The maximum atomic E-state index is 11.8. The van der Waals surface area contributed by atoms with Gasteiger partial charge in [-0.2, -0.15) is 0 Å². The second kappa shape index (κ2) is 18.1. The first-order valence-electron chi connectivity index (χ1n) is 12.8. The van der Waals surface area contributed by atoms with E-state index in [2.05, 4.69) is 33.0 Å². The Bertz CT molecular complexity index is 875. The molecule has 1 unspecified atom stereocenters. The summed E-state index contributed by atoms with van der Waals surface area (Å²) in [6.45, 7) is 5.25. The number of alkyl halides is 1. The quantitative estimate of drug-likeness (QED) is 0.120. The number of carbonyl (C=O) groups excluding carboxylic acids is 2. The van der Waals surface area contributed by atoms with Crippen LogP contribution >= 0.6 is 15.9 Å². The smallest absolute Gasteiger partial charge is 0.337 e. The van der Waals surface area contributed by atoms with E-state index in [1.807, 2.05) is 37.3 Å². The van der Waals surface area contributed by atoms with Crippen LogP contribution in [0.3, 0.4) is 0 Å². The number of esters is 2. The largest absolute Gasteiger partial charge is 0.466 e. The maximum Gasteiger partial charge on any atom is 0.337 e. The number of hydrogen-bond acceptors (Lipinski definition) is 6. The molecule has 2 rings (SSSR count). The van der Waals surface area contributed by atoms with Crippen molar-refractivity contribution in [1.29, 1.82) is 0 Å². The monoisotopic (exact) mass is 561 g/mol. The van der Waals surface area contributed by atoms with Crippen molar-refractivity contribution in [3.05, 3.63) is 71.3 Å². The number of carbonyl (C=O) groups is 2. The molecule has 0 fully saturated rings. The van der Waals surface area contributed by atoms with Gasteiger partial charge in [0.25, 0.3) is 0 Å². The van der Waals surface area contributed by atoms with E-state index in [0.29, 0.717) is 18.6 Å². The first kappa shape index (κ1) is 30.0. The first-order valence-corrected chi connectivity index (χ1v) is 14.0. The van der Waals surface area contributed by atoms with Crippen molar-refractivity contribution in [3.8, 4) is 0 Å². The summed E-state index contributed by atoms with van der Waals surface area (Å²) < 4.78 is 16.3. The van der Waals surface area contributed by atoms with Crippen LogP contribution in [0.25, 0.3) is 0 Å². The number of hydrogen-bond donors (Lipinski definition) is 0. The van der Waals surface area contributed by atoms with Crippen molar-refractivity contribution in [2.24, 2.45) is 0 Å². The number of benzene rings is 2. The molecule has 0 heterocycles. The fourth-order valence-electron chi connectivity index (χ4n) is 3.95. The Balaban J connectivity index is 2.08. The summed E-state index contributed by atoms with van der Waals surface area (Å²) in [7, 11) is 1.39. The predicted octanol–water partition coefficient (Wildman–Crippen LogP) is 6.33. The van der Waals surface area contributed by atoms with Gasteiger partial charge in [-0.25, -0.2) is 4.79 Å². The second-order valence-electron chi connectivity index (χ2n) is 8.71. The normalized spacial score (nSPS) is 11.9. The van der Waals surface area contributed by atoms with Gasteiger partial charge in [0.2, 0.25) is 0 Å². The Kier molecular flexibility index (Phi) is 15.1. The standard InChI is InChI=1S/C29H40BrNO5/c1-3-35-28(32)14-8-10-20-31(22-24-15-17-26(18-16-24)29(33)34-2)23-27(25-12-6-4-7-13-25)36-21-11-5-9-19-30/h4,6-7,12-13,15-18,27H,3,5,8-11,14,19-23H2,1-2H3. The Labute approximate surface area is 224 Å². The van der Waals surface area contributed by atoms with Crippen LogP contribution in [0.15, 0.2) is 54.6 Å². The molecule has 2 aromatic rings. The van der Waals surface area contributed by atoms with Gasteiger partial charge >= 0.3 is 11.9 Å². The summed E-state index contributed by atoms with van der Waals surface area (Å²) in [5, 5.41) is 1.02. The second-order valence-corrected chi connectivity index (χ2v) is 9.50. The maximum absolute atomic E-state index is 11.8. The number of halogens is 1. The van der Waals surface area contributed by atoms with Gasteiger partial charge in [-0.1, -0.05) is 64.8 Å². The molecule has 0 saturated heterocycles. The van der Waals surface area contributed by atoms with E-state index in [4.69, 9.17) is 14.2 Å². The molecule has 6 nitrogen and oxygen atoms in total. The Morgan fingerprint density at radius 3 is 2.36 bits per heavy atom. The van der Waals surface area contributed by atoms with Crippen LogP contribution < -0.4 is 0 Å². The fraction of sp³-hybridized carbons (Fsp3) is 0.517. The van der Waals surface area contributed by atoms with E-state index in [1.165, 1.54) is 7.11 Å². The highest BCUT2D eigenvalue weighted by molar-refractivity contribution is 9.09. The van der Waals surface area contributed by atoms with E-state index in [1.54, 1.807) is 12.1 Å². The molecule has 0 aliphatic carbocycles. The van der Waals surface area contributed by atoms with Crippen LogP contribution in [0, 0.1) is 0 Å². The van der Waals surface area contributed by atoms with Crippen LogP contribution in [0.4, 0.5) is 0 Å².